The molecule has 0 bridgehead atoms. The highest BCUT2D eigenvalue weighted by atomic mass is 79.9. The van der Waals surface area contributed by atoms with Gasteiger partial charge in [-0.15, -0.1) is 0 Å². The van der Waals surface area contributed by atoms with E-state index in [-0.39, 0.29) is 30.4 Å². The molecule has 10 nitrogen and oxygen atoms in total. The van der Waals surface area contributed by atoms with Crippen molar-refractivity contribution in [3.63, 3.8) is 0 Å². The number of phenols is 1. The fraction of sp³-hybridized carbons (Fsp3) is 0.444. The number of nitrogens with one attached hydrogen (secondary N) is 3. The van der Waals surface area contributed by atoms with Crippen LogP contribution in [0, 0.1) is 11.8 Å². The first-order valence-corrected chi connectivity index (χ1v) is 17.7. The minimum absolute atomic E-state index is 0.0408. The maximum absolute atomic E-state index is 14.3. The van der Waals surface area contributed by atoms with E-state index in [2.05, 4.69) is 53.6 Å². The van der Waals surface area contributed by atoms with Crippen molar-refractivity contribution in [1.29, 1.82) is 0 Å². The number of carbonyl (C=O) groups is 4. The fourth-order valence-electron chi connectivity index (χ4n) is 6.30. The predicted molar refractivity (Wildman–Crippen MR) is 192 cm³/mol. The predicted octanol–water partition coefficient (Wildman–Crippen LogP) is 6.46. The van der Waals surface area contributed by atoms with E-state index in [0.29, 0.717) is 23.0 Å². The highest BCUT2D eigenvalue weighted by Gasteiger charge is 2.34. The summed E-state index contributed by atoms with van der Waals surface area (Å²) < 4.78 is 7.34. The standard InChI is InChI=1S/C36H44Br2N4O6/c1-19-13-20(2)15-22(4)48-32(44)18-29(24-7-10-26(43)11-8-24)41-35(46)31(42(6)36(47)23(5)39-34(45)21(3)14-19)17-28-27-12-9-25(37)16-30(27)40-33(28)38/h7-13,16,20-23,29,31,40,43H,14-15,17-18H2,1-6H3,(H,39,45)(H,41,46)/b19-13+/t20-,21-,22-,23-,29+,31+/m0/s1. The van der Waals surface area contributed by atoms with E-state index in [1.807, 2.05) is 45.9 Å². The molecule has 0 radical (unpaired) electrons. The van der Waals surface area contributed by atoms with Crippen LogP contribution in [0.15, 0.2) is 63.2 Å². The van der Waals surface area contributed by atoms with Gasteiger partial charge in [-0.2, -0.15) is 0 Å². The van der Waals surface area contributed by atoms with Crippen LogP contribution in [-0.4, -0.2) is 63.9 Å². The number of aromatic hydroxyl groups is 1. The minimum atomic E-state index is -1.03. The molecule has 0 fully saturated rings. The second kappa shape index (κ2) is 16.2. The largest absolute Gasteiger partial charge is 0.508 e. The summed E-state index contributed by atoms with van der Waals surface area (Å²) in [6.45, 7) is 9.26. The zero-order valence-electron chi connectivity index (χ0n) is 28.1. The van der Waals surface area contributed by atoms with Gasteiger partial charge >= 0.3 is 5.97 Å². The summed E-state index contributed by atoms with van der Waals surface area (Å²) >= 11 is 7.11. The molecule has 1 aromatic heterocycles. The number of fused-ring (bicyclic) bond motifs is 1. The Kier molecular flexibility index (Phi) is 12.5. The van der Waals surface area contributed by atoms with Gasteiger partial charge in [0.15, 0.2) is 0 Å². The molecular formula is C36H44Br2N4O6. The van der Waals surface area contributed by atoms with Crippen molar-refractivity contribution in [2.75, 3.05) is 7.05 Å². The first-order valence-electron chi connectivity index (χ1n) is 16.1. The number of likely N-dealkylation sites (N-methyl/N-ethyl adjacent to an activating group) is 1. The van der Waals surface area contributed by atoms with Gasteiger partial charge in [-0.05, 0) is 90.9 Å². The van der Waals surface area contributed by atoms with Crippen LogP contribution in [0.5, 0.6) is 5.75 Å². The van der Waals surface area contributed by atoms with Gasteiger partial charge in [0.2, 0.25) is 17.7 Å². The number of H-pyrrole nitrogens is 1. The van der Waals surface area contributed by atoms with Crippen molar-refractivity contribution >= 4 is 66.5 Å². The Bertz CT molecular complexity index is 1690. The number of ether oxygens (including phenoxy) is 1. The van der Waals surface area contributed by atoms with E-state index >= 15 is 0 Å². The highest BCUT2D eigenvalue weighted by Crippen LogP contribution is 2.31. The zero-order chi connectivity index (χ0) is 35.3. The van der Waals surface area contributed by atoms with Gasteiger partial charge in [-0.1, -0.05) is 59.6 Å². The molecule has 3 amide bonds. The molecule has 2 aromatic carbocycles. The number of carbonyl (C=O) groups excluding carboxylic acids is 4. The quantitative estimate of drug-likeness (QED) is 0.177. The zero-order valence-corrected chi connectivity index (χ0v) is 31.3. The Morgan fingerprint density at radius 3 is 2.31 bits per heavy atom. The van der Waals surface area contributed by atoms with Gasteiger partial charge in [0.1, 0.15) is 17.8 Å². The first-order chi connectivity index (χ1) is 22.6. The Hall–Kier alpha value is -3.64. The van der Waals surface area contributed by atoms with Crippen LogP contribution in [0.3, 0.4) is 0 Å². The fourth-order valence-corrected chi connectivity index (χ4v) is 7.25. The molecule has 3 aromatic rings. The Labute approximate surface area is 298 Å². The smallest absolute Gasteiger partial charge is 0.308 e. The normalized spacial score (nSPS) is 26.8. The van der Waals surface area contributed by atoms with E-state index in [1.54, 1.807) is 26.1 Å². The lowest BCUT2D eigenvalue weighted by atomic mass is 9.95. The summed E-state index contributed by atoms with van der Waals surface area (Å²) in [7, 11) is 1.54. The van der Waals surface area contributed by atoms with Gasteiger partial charge < -0.3 is 30.4 Å². The molecule has 258 valence electrons. The summed E-state index contributed by atoms with van der Waals surface area (Å²) in [5, 5.41) is 16.7. The number of halogens is 2. The molecule has 12 heteroatoms. The molecule has 0 saturated carbocycles. The topological polar surface area (TPSA) is 141 Å². The number of allylic oxidation sites excluding steroid dienone is 2. The third-order valence-electron chi connectivity index (χ3n) is 8.72. The average Bonchev–Trinajstić information content (AvgIpc) is 3.31. The van der Waals surface area contributed by atoms with Crippen molar-refractivity contribution in [2.45, 2.75) is 84.5 Å². The molecule has 0 unspecified atom stereocenters. The second-order valence-electron chi connectivity index (χ2n) is 13.0. The molecular weight excluding hydrogens is 744 g/mol. The number of cyclic esters (lactones) is 1. The lowest BCUT2D eigenvalue weighted by molar-refractivity contribution is -0.149. The number of hydrogen-bond acceptors (Lipinski definition) is 6. The minimum Gasteiger partial charge on any atom is -0.508 e. The third kappa shape index (κ3) is 9.49. The average molecular weight is 789 g/mol. The molecule has 0 saturated heterocycles. The van der Waals surface area contributed by atoms with Gasteiger partial charge in [-0.3, -0.25) is 19.2 Å². The third-order valence-corrected chi connectivity index (χ3v) is 9.89. The summed E-state index contributed by atoms with van der Waals surface area (Å²) in [6.07, 6.45) is 2.73. The van der Waals surface area contributed by atoms with Gasteiger partial charge in [0.05, 0.1) is 23.2 Å². The molecule has 2 heterocycles. The lowest BCUT2D eigenvalue weighted by Gasteiger charge is -2.31. The number of aromatic nitrogens is 1. The summed E-state index contributed by atoms with van der Waals surface area (Å²) in [4.78, 5) is 59.4. The molecule has 4 rings (SSSR count). The summed E-state index contributed by atoms with van der Waals surface area (Å²) in [5.74, 6) is -1.96. The number of hydrogen-bond donors (Lipinski definition) is 4. The molecule has 1 aliphatic rings. The van der Waals surface area contributed by atoms with Crippen LogP contribution in [0.1, 0.15) is 71.0 Å². The van der Waals surface area contributed by atoms with Gasteiger partial charge in [0.25, 0.3) is 0 Å². The maximum Gasteiger partial charge on any atom is 0.308 e. The molecule has 0 spiro atoms. The number of rotatable bonds is 3. The van der Waals surface area contributed by atoms with Gasteiger partial charge in [-0.25, -0.2) is 0 Å². The second-order valence-corrected chi connectivity index (χ2v) is 14.7. The lowest BCUT2D eigenvalue weighted by Crippen LogP contribution is -2.55. The van der Waals surface area contributed by atoms with E-state index in [0.717, 1.165) is 26.5 Å². The SMILES string of the molecule is C/C1=C\[C@H](C)C[C@H](C)OC(=O)C[C@H](c2ccc(O)cc2)NC(=O)[C@@H](Cc2c(Br)[nH]c3cc(Br)ccc23)N(C)C(=O)[C@H](C)NC(=O)[C@@H](C)C1. The summed E-state index contributed by atoms with van der Waals surface area (Å²) in [5.41, 5.74) is 3.23. The van der Waals surface area contributed by atoms with Crippen LogP contribution in [0.25, 0.3) is 10.9 Å². The number of phenolic OH excluding ortho intramolecular Hbond substituents is 1. The van der Waals surface area contributed by atoms with E-state index in [9.17, 15) is 24.3 Å². The van der Waals surface area contributed by atoms with E-state index in [1.165, 1.54) is 17.0 Å². The molecule has 0 aliphatic carbocycles. The van der Waals surface area contributed by atoms with Crippen molar-refractivity contribution in [3.05, 3.63) is 74.3 Å². The monoisotopic (exact) mass is 786 g/mol. The number of benzene rings is 2. The van der Waals surface area contributed by atoms with E-state index < -0.39 is 47.9 Å². The van der Waals surface area contributed by atoms with Crippen LogP contribution in [0.4, 0.5) is 0 Å². The molecule has 1 aliphatic heterocycles. The van der Waals surface area contributed by atoms with Crippen molar-refractivity contribution < 1.29 is 29.0 Å². The Morgan fingerprint density at radius 2 is 1.62 bits per heavy atom. The van der Waals surface area contributed by atoms with Crippen LogP contribution in [0.2, 0.25) is 0 Å². The number of nitrogens with zero attached hydrogens (tertiary/aromatic N) is 1. The van der Waals surface area contributed by atoms with Crippen molar-refractivity contribution in [1.82, 2.24) is 20.5 Å². The maximum atomic E-state index is 14.3. The molecule has 4 N–H and O–H groups in total. The first kappa shape index (κ1) is 37.2. The van der Waals surface area contributed by atoms with Gasteiger partial charge in [0, 0.05) is 34.8 Å². The van der Waals surface area contributed by atoms with Crippen LogP contribution in [-0.2, 0) is 30.3 Å². The number of aromatic amines is 1. The molecule has 48 heavy (non-hydrogen) atoms. The van der Waals surface area contributed by atoms with Crippen LogP contribution < -0.4 is 10.6 Å². The van der Waals surface area contributed by atoms with Crippen molar-refractivity contribution in [2.24, 2.45) is 11.8 Å². The molecule has 6 atom stereocenters. The highest BCUT2D eigenvalue weighted by molar-refractivity contribution is 9.10. The Morgan fingerprint density at radius 1 is 0.938 bits per heavy atom. The summed E-state index contributed by atoms with van der Waals surface area (Å²) in [6, 6.07) is 9.25. The van der Waals surface area contributed by atoms with Crippen molar-refractivity contribution in [3.8, 4) is 5.75 Å². The Balaban J connectivity index is 1.75. The number of esters is 1. The van der Waals surface area contributed by atoms with E-state index in [4.69, 9.17) is 4.74 Å². The van der Waals surface area contributed by atoms with Crippen LogP contribution >= 0.6 is 31.9 Å². The number of amides is 3.